The maximum atomic E-state index is 14.7. The normalized spacial score (nSPS) is 16.0. The van der Waals surface area contributed by atoms with E-state index in [0.29, 0.717) is 10.8 Å². The summed E-state index contributed by atoms with van der Waals surface area (Å²) in [5.74, 6) is -86.2. The zero-order valence-electron chi connectivity index (χ0n) is 22.3. The Morgan fingerprint density at radius 3 is 1.34 bits per heavy atom. The van der Waals surface area contributed by atoms with E-state index in [1.54, 1.807) is 0 Å². The zero-order valence-corrected chi connectivity index (χ0v) is 22.3. The number of Topliss-reactive ketones (excluding diaryl/α,β-unsaturated/α-hetero) is 1. The summed E-state index contributed by atoms with van der Waals surface area (Å²) in [5.41, 5.74) is 0.0530. The first-order valence-corrected chi connectivity index (χ1v) is 11.7. The van der Waals surface area contributed by atoms with Crippen LogP contribution in [0.1, 0.15) is 23.1 Å². The zero-order chi connectivity index (χ0) is 37.4. The number of carbonyl (C=O) groups is 1. The van der Waals surface area contributed by atoms with Crippen LogP contribution in [0.15, 0.2) is 36.7 Å². The molecule has 3 nitrogen and oxygen atoms in total. The first kappa shape index (κ1) is 39.8. The Kier molecular flexibility index (Phi) is 9.39. The molecule has 0 fully saturated rings. The van der Waals surface area contributed by atoms with Gasteiger partial charge >= 0.3 is 59.5 Å². The average molecular weight is 732 g/mol. The van der Waals surface area contributed by atoms with E-state index >= 15 is 0 Å². The minimum Gasteiger partial charge on any atom is -0.297 e. The monoisotopic (exact) mass is 732 g/mol. The van der Waals surface area contributed by atoms with Crippen LogP contribution < -0.4 is 0 Å². The van der Waals surface area contributed by atoms with E-state index in [0.717, 1.165) is 12.3 Å². The van der Waals surface area contributed by atoms with Crippen molar-refractivity contribution in [3.05, 3.63) is 48.0 Å². The lowest BCUT2D eigenvalue weighted by Gasteiger charge is -2.45. The average Bonchev–Trinajstić information content (AvgIpc) is 3.40. The first-order valence-electron chi connectivity index (χ1n) is 11.7. The lowest BCUT2D eigenvalue weighted by molar-refractivity contribution is -0.474. The van der Waals surface area contributed by atoms with Gasteiger partial charge in [0.1, 0.15) is 0 Å². The topological polar surface area (TPSA) is 34.9 Å². The number of aromatic nitrogens is 2. The van der Waals surface area contributed by atoms with Gasteiger partial charge in [0.15, 0.2) is 5.82 Å². The van der Waals surface area contributed by atoms with Crippen LogP contribution in [0, 0.1) is 12.8 Å². The lowest BCUT2D eigenvalue weighted by Crippen LogP contribution is -2.77. The number of aryl methyl sites for hydroxylation is 1. The molecule has 24 heteroatoms. The van der Waals surface area contributed by atoms with Crippen LogP contribution in [0.2, 0.25) is 0 Å². The van der Waals surface area contributed by atoms with Crippen molar-refractivity contribution in [3.8, 4) is 5.69 Å². The van der Waals surface area contributed by atoms with Gasteiger partial charge < -0.3 is 0 Å². The molecule has 1 aromatic heterocycles. The second-order valence-corrected chi connectivity index (χ2v) is 9.71. The highest BCUT2D eigenvalue weighted by Gasteiger charge is 2.98. The number of nitrogens with zero attached hydrogens (tertiary/aromatic N) is 2. The highest BCUT2D eigenvalue weighted by Crippen LogP contribution is 2.66. The quantitative estimate of drug-likeness (QED) is 0.161. The predicted octanol–water partition coefficient (Wildman–Crippen LogP) is 9.28. The third-order valence-electron chi connectivity index (χ3n) is 6.71. The molecule has 0 aliphatic rings. The van der Waals surface area contributed by atoms with Crippen LogP contribution in [-0.4, -0.2) is 74.8 Å². The van der Waals surface area contributed by atoms with Gasteiger partial charge in [-0.1, -0.05) is 18.2 Å². The lowest BCUT2D eigenvalue weighted by atomic mass is 9.83. The summed E-state index contributed by atoms with van der Waals surface area (Å²) in [4.78, 5) is 15.8. The molecule has 47 heavy (non-hydrogen) atoms. The summed E-state index contributed by atoms with van der Waals surface area (Å²) in [5, 5.41) is 0. The van der Waals surface area contributed by atoms with Gasteiger partial charge in [-0.05, 0) is 25.5 Å². The van der Waals surface area contributed by atoms with Gasteiger partial charge in [-0.25, -0.2) is 4.98 Å². The highest BCUT2D eigenvalue weighted by molar-refractivity contribution is 5.96. The number of hydrogen-bond acceptors (Lipinski definition) is 2. The molecule has 268 valence electrons. The number of alkyl halides is 21. The molecular weight excluding hydrogens is 719 g/mol. The van der Waals surface area contributed by atoms with E-state index in [-0.39, 0.29) is 11.3 Å². The van der Waals surface area contributed by atoms with Gasteiger partial charge in [0.2, 0.25) is 5.78 Å². The van der Waals surface area contributed by atoms with Gasteiger partial charge in [-0.3, -0.25) is 9.36 Å². The van der Waals surface area contributed by atoms with E-state index in [1.165, 1.54) is 25.1 Å². The fourth-order valence-electron chi connectivity index (χ4n) is 3.71. The minimum atomic E-state index is -9.27. The number of halogens is 21. The van der Waals surface area contributed by atoms with Gasteiger partial charge in [0.25, 0.3) is 0 Å². The molecule has 0 saturated carbocycles. The number of ketones is 1. The van der Waals surface area contributed by atoms with Crippen molar-refractivity contribution in [1.29, 1.82) is 0 Å². The summed E-state index contributed by atoms with van der Waals surface area (Å²) in [6.07, 6.45) is -6.65. The molecule has 0 unspecified atom stereocenters. The molecule has 0 radical (unpaired) electrons. The molecule has 0 bridgehead atoms. The second kappa shape index (κ2) is 11.1. The first-order chi connectivity index (χ1) is 20.6. The van der Waals surface area contributed by atoms with E-state index in [9.17, 15) is 97.0 Å². The largest absolute Gasteiger partial charge is 0.460 e. The number of para-hydroxylation sites is 1. The number of carbonyl (C=O) groups excluding carboxylic acids is 1. The number of hydrogen-bond donors (Lipinski definition) is 0. The molecule has 0 saturated heterocycles. The van der Waals surface area contributed by atoms with Crippen LogP contribution in [0.4, 0.5) is 92.2 Å². The van der Waals surface area contributed by atoms with Crippen LogP contribution >= 0.6 is 0 Å². The molecule has 1 aromatic carbocycles. The predicted molar refractivity (Wildman–Crippen MR) is 112 cm³/mol. The van der Waals surface area contributed by atoms with Crippen molar-refractivity contribution in [2.24, 2.45) is 5.92 Å². The Morgan fingerprint density at radius 2 is 0.957 bits per heavy atom. The minimum absolute atomic E-state index is 0.136. The van der Waals surface area contributed by atoms with Crippen molar-refractivity contribution in [3.63, 3.8) is 0 Å². The molecule has 1 heterocycles. The Labute approximate surface area is 246 Å². The van der Waals surface area contributed by atoms with E-state index in [2.05, 4.69) is 4.98 Å². The fourth-order valence-corrected chi connectivity index (χ4v) is 3.71. The Hall–Kier alpha value is -3.37. The van der Waals surface area contributed by atoms with Gasteiger partial charge in [-0.15, -0.1) is 0 Å². The molecular formula is C23H13F21N2O. The van der Waals surface area contributed by atoms with Crippen LogP contribution in [-0.2, 0) is 0 Å². The third-order valence-corrected chi connectivity index (χ3v) is 6.71. The number of rotatable bonds is 12. The number of imidazole rings is 1. The highest BCUT2D eigenvalue weighted by atomic mass is 19.4. The van der Waals surface area contributed by atoms with Gasteiger partial charge in [-0.2, -0.15) is 92.2 Å². The molecule has 0 aliphatic carbocycles. The second-order valence-electron chi connectivity index (χ2n) is 9.71. The fraction of sp³-hybridized carbons (Fsp3) is 0.565. The Morgan fingerprint density at radius 1 is 0.596 bits per heavy atom. The summed E-state index contributed by atoms with van der Waals surface area (Å²) in [7, 11) is 0. The molecule has 2 aromatic rings. The summed E-state index contributed by atoms with van der Waals surface area (Å²) in [6.45, 7) is 0.875. The van der Waals surface area contributed by atoms with Crippen LogP contribution in [0.25, 0.3) is 5.69 Å². The SMILES string of the molecule is Cc1ccccc1-n1ccnc1C(=O)[C@@H](C)C(F)(F)C(F)(F)C(F)(F)C(F)(F)C(F)(F)C(F)(F)C(F)(F)C(F)(F)C(F)(F)C(F)(F)F. The van der Waals surface area contributed by atoms with Crippen molar-refractivity contribution >= 4 is 5.78 Å². The molecule has 1 atom stereocenters. The standard InChI is InChI=1S/C23H13F21N2O/c1-9-5-3-4-6-11(9)46-8-7-45-13(46)12(47)10(2)14(24,25)15(26,27)16(28,29)17(30,31)18(32,33)19(34,35)20(36,37)21(38,39)22(40,41)23(42,43)44/h3-8,10H,1-2H3/t10-/m1/s1. The van der Waals surface area contributed by atoms with Crippen molar-refractivity contribution in [2.75, 3.05) is 0 Å². The maximum absolute atomic E-state index is 14.7. The summed E-state index contributed by atoms with van der Waals surface area (Å²) < 4.78 is 288. The number of benzene rings is 1. The maximum Gasteiger partial charge on any atom is 0.460 e. The van der Waals surface area contributed by atoms with Crippen molar-refractivity contribution in [1.82, 2.24) is 9.55 Å². The molecule has 2 rings (SSSR count). The summed E-state index contributed by atoms with van der Waals surface area (Å²) >= 11 is 0. The Bertz CT molecular complexity index is 1470. The van der Waals surface area contributed by atoms with Gasteiger partial charge in [0.05, 0.1) is 11.6 Å². The van der Waals surface area contributed by atoms with E-state index in [1.807, 2.05) is 0 Å². The Balaban J connectivity index is 2.66. The smallest absolute Gasteiger partial charge is 0.297 e. The van der Waals surface area contributed by atoms with Crippen molar-refractivity contribution < 1.29 is 97.0 Å². The molecule has 0 spiro atoms. The van der Waals surface area contributed by atoms with E-state index in [4.69, 9.17) is 0 Å². The third kappa shape index (κ3) is 5.17. The molecule has 0 N–H and O–H groups in total. The van der Waals surface area contributed by atoms with Crippen LogP contribution in [0.5, 0.6) is 0 Å². The summed E-state index contributed by atoms with van der Waals surface area (Å²) in [6, 6.07) is 5.05. The van der Waals surface area contributed by atoms with E-state index < -0.39 is 83.9 Å². The molecule has 0 aliphatic heterocycles. The van der Waals surface area contributed by atoms with Gasteiger partial charge in [0, 0.05) is 12.4 Å². The molecule has 0 amide bonds. The van der Waals surface area contributed by atoms with Crippen molar-refractivity contribution in [2.45, 2.75) is 73.3 Å². The van der Waals surface area contributed by atoms with Crippen LogP contribution in [0.3, 0.4) is 0 Å².